The number of rotatable bonds is 3. The summed E-state index contributed by atoms with van der Waals surface area (Å²) in [5.74, 6) is -6.09. The van der Waals surface area contributed by atoms with Crippen molar-refractivity contribution in [2.45, 2.75) is 0 Å². The Morgan fingerprint density at radius 3 is 2.00 bits per heavy atom. The molecule has 0 unspecified atom stereocenters. The lowest BCUT2D eigenvalue weighted by molar-refractivity contribution is -0.272. The van der Waals surface area contributed by atoms with Crippen LogP contribution >= 0.6 is 0 Å². The van der Waals surface area contributed by atoms with Gasteiger partial charge in [-0.1, -0.05) is 11.5 Å². The van der Waals surface area contributed by atoms with Gasteiger partial charge in [-0.15, -0.1) is 0 Å². The lowest BCUT2D eigenvalue weighted by Gasteiger charge is -2.23. The molecule has 0 amide bonds. The SMILES string of the molecule is O=C(O)c1cc2c(-c3c([O-])c(O)cc4cc(C(=O)O)[nH]c34)c([O-])c(O)cc2[nH]1. The number of carbonyl (C=O) groups is 2. The Morgan fingerprint density at radius 1 is 0.786 bits per heavy atom. The molecule has 0 spiro atoms. The topological polar surface area (TPSA) is 193 Å². The van der Waals surface area contributed by atoms with E-state index in [4.69, 9.17) is 0 Å². The number of aromatic nitrogens is 2. The van der Waals surface area contributed by atoms with Crippen LogP contribution in [0.1, 0.15) is 21.0 Å². The summed E-state index contributed by atoms with van der Waals surface area (Å²) in [4.78, 5) is 27.5. The molecule has 2 aromatic carbocycles. The Hall–Kier alpha value is -4.34. The van der Waals surface area contributed by atoms with Crippen LogP contribution < -0.4 is 10.2 Å². The van der Waals surface area contributed by atoms with E-state index in [1.807, 2.05) is 0 Å². The van der Waals surface area contributed by atoms with Crippen molar-refractivity contribution >= 4 is 33.7 Å². The summed E-state index contributed by atoms with van der Waals surface area (Å²) in [6.45, 7) is 0. The fourth-order valence-electron chi connectivity index (χ4n) is 3.21. The van der Waals surface area contributed by atoms with Crippen LogP contribution in [0.25, 0.3) is 32.9 Å². The molecule has 0 radical (unpaired) electrons. The lowest BCUT2D eigenvalue weighted by atomic mass is 9.96. The molecule has 0 fully saturated rings. The molecule has 28 heavy (non-hydrogen) atoms. The first-order valence-corrected chi connectivity index (χ1v) is 7.77. The van der Waals surface area contributed by atoms with E-state index >= 15 is 0 Å². The summed E-state index contributed by atoms with van der Waals surface area (Å²) in [6, 6.07) is 4.36. The van der Waals surface area contributed by atoms with Crippen LogP contribution in [0.3, 0.4) is 0 Å². The smallest absolute Gasteiger partial charge is 0.352 e. The molecule has 10 heteroatoms. The maximum absolute atomic E-state index is 12.6. The van der Waals surface area contributed by atoms with Gasteiger partial charge in [0, 0.05) is 22.4 Å². The van der Waals surface area contributed by atoms with Crippen molar-refractivity contribution in [2.24, 2.45) is 0 Å². The Labute approximate surface area is 154 Å². The standard InChI is InChI=1S/C18H12N2O8/c21-10-2-5-1-8(17(25)26)20-14(5)13(16(10)24)12-6-3-9(18(27)28)19-7(6)4-11(22)15(12)23/h1-4,19-24H,(H,25,26)(H,27,28)/p-2. The molecule has 0 atom stereocenters. The lowest BCUT2D eigenvalue weighted by Crippen LogP contribution is -2.01. The fourth-order valence-corrected chi connectivity index (χ4v) is 3.21. The second kappa shape index (κ2) is 5.58. The maximum Gasteiger partial charge on any atom is 0.352 e. The Kier molecular flexibility index (Phi) is 3.40. The summed E-state index contributed by atoms with van der Waals surface area (Å²) in [5, 5.41) is 63.8. The normalized spacial score (nSPS) is 11.3. The summed E-state index contributed by atoms with van der Waals surface area (Å²) in [7, 11) is 0. The summed E-state index contributed by atoms with van der Waals surface area (Å²) >= 11 is 0. The monoisotopic (exact) mass is 382 g/mol. The van der Waals surface area contributed by atoms with Crippen molar-refractivity contribution in [3.63, 3.8) is 0 Å². The number of hydrogen-bond donors (Lipinski definition) is 6. The third kappa shape index (κ3) is 2.28. The van der Waals surface area contributed by atoms with E-state index in [0.717, 1.165) is 18.2 Å². The number of phenolic OH excluding ortho intramolecular Hbond substituents is 2. The molecule has 0 aliphatic rings. The summed E-state index contributed by atoms with van der Waals surface area (Å²) < 4.78 is 0. The highest BCUT2D eigenvalue weighted by Gasteiger charge is 2.20. The Bertz CT molecular complexity index is 1210. The quantitative estimate of drug-likeness (QED) is 0.305. The Morgan fingerprint density at radius 2 is 1.36 bits per heavy atom. The van der Waals surface area contributed by atoms with Gasteiger partial charge in [-0.2, -0.15) is 0 Å². The third-order valence-electron chi connectivity index (χ3n) is 4.42. The van der Waals surface area contributed by atoms with Gasteiger partial charge < -0.3 is 40.6 Å². The zero-order valence-corrected chi connectivity index (χ0v) is 13.7. The summed E-state index contributed by atoms with van der Waals surface area (Å²) in [5.41, 5.74) is -1.27. The van der Waals surface area contributed by atoms with Crippen molar-refractivity contribution in [3.05, 3.63) is 35.7 Å². The number of aromatic amines is 2. The number of carboxylic acid groups (broad SMARTS) is 2. The van der Waals surface area contributed by atoms with Gasteiger partial charge in [0.05, 0.1) is 11.0 Å². The van der Waals surface area contributed by atoms with Crippen molar-refractivity contribution < 1.29 is 40.2 Å². The second-order valence-corrected chi connectivity index (χ2v) is 6.10. The van der Waals surface area contributed by atoms with E-state index in [1.165, 1.54) is 6.07 Å². The van der Waals surface area contributed by atoms with E-state index in [2.05, 4.69) is 9.97 Å². The number of benzene rings is 2. The second-order valence-electron chi connectivity index (χ2n) is 6.10. The van der Waals surface area contributed by atoms with Gasteiger partial charge in [-0.05, 0) is 23.8 Å². The number of H-pyrrole nitrogens is 2. The van der Waals surface area contributed by atoms with Crippen LogP contribution in [0.15, 0.2) is 24.3 Å². The van der Waals surface area contributed by atoms with Crippen LogP contribution in [0.4, 0.5) is 0 Å². The highest BCUT2D eigenvalue weighted by atomic mass is 16.4. The maximum atomic E-state index is 12.6. The summed E-state index contributed by atoms with van der Waals surface area (Å²) in [6.07, 6.45) is 0. The predicted molar refractivity (Wildman–Crippen MR) is 91.7 cm³/mol. The zero-order valence-electron chi connectivity index (χ0n) is 13.7. The molecule has 0 saturated carbocycles. The molecule has 0 saturated heterocycles. The molecule has 142 valence electrons. The molecule has 0 aliphatic carbocycles. The molecule has 0 bridgehead atoms. The van der Waals surface area contributed by atoms with E-state index in [-0.39, 0.29) is 44.3 Å². The van der Waals surface area contributed by atoms with Gasteiger partial charge in [0.1, 0.15) is 22.9 Å². The largest absolute Gasteiger partial charge is 0.870 e. The molecular weight excluding hydrogens is 372 g/mol. The number of nitrogens with one attached hydrogen (secondary N) is 2. The molecular formula is C18H10N2O8-2. The zero-order chi connectivity index (χ0) is 20.3. The van der Waals surface area contributed by atoms with Crippen LogP contribution in [0.5, 0.6) is 23.0 Å². The highest BCUT2D eigenvalue weighted by Crippen LogP contribution is 2.48. The van der Waals surface area contributed by atoms with Gasteiger partial charge in [0.25, 0.3) is 0 Å². The van der Waals surface area contributed by atoms with Crippen molar-refractivity contribution in [1.82, 2.24) is 9.97 Å². The van der Waals surface area contributed by atoms with Crippen LogP contribution in [0.2, 0.25) is 0 Å². The molecule has 0 aliphatic heterocycles. The third-order valence-corrected chi connectivity index (χ3v) is 4.42. The van der Waals surface area contributed by atoms with Crippen molar-refractivity contribution in [1.29, 1.82) is 0 Å². The number of aromatic carboxylic acids is 2. The first-order valence-electron chi connectivity index (χ1n) is 7.77. The van der Waals surface area contributed by atoms with Gasteiger partial charge in [0.15, 0.2) is 0 Å². The van der Waals surface area contributed by atoms with Crippen LogP contribution in [-0.4, -0.2) is 42.3 Å². The first kappa shape index (κ1) is 17.1. The van der Waals surface area contributed by atoms with Crippen molar-refractivity contribution in [2.75, 3.05) is 0 Å². The van der Waals surface area contributed by atoms with Gasteiger partial charge in [0.2, 0.25) is 0 Å². The minimum Gasteiger partial charge on any atom is -0.870 e. The number of hydrogen-bond acceptors (Lipinski definition) is 6. The average molecular weight is 382 g/mol. The van der Waals surface area contributed by atoms with E-state index < -0.39 is 34.9 Å². The predicted octanol–water partition coefficient (Wildman–Crippen LogP) is 1.27. The number of aromatic hydroxyl groups is 2. The van der Waals surface area contributed by atoms with Crippen LogP contribution in [0, 0.1) is 0 Å². The minimum absolute atomic E-state index is 0.0238. The average Bonchev–Trinajstić information content (AvgIpc) is 3.22. The molecule has 2 heterocycles. The van der Waals surface area contributed by atoms with E-state index in [0.29, 0.717) is 0 Å². The minimum atomic E-state index is -1.33. The van der Waals surface area contributed by atoms with Crippen molar-refractivity contribution in [3.8, 4) is 34.1 Å². The first-order chi connectivity index (χ1) is 13.2. The van der Waals surface area contributed by atoms with Crippen LogP contribution in [-0.2, 0) is 0 Å². The molecule has 10 nitrogen and oxygen atoms in total. The number of phenols is 2. The van der Waals surface area contributed by atoms with E-state index in [1.54, 1.807) is 0 Å². The number of fused-ring (bicyclic) bond motifs is 2. The molecule has 2 aromatic heterocycles. The van der Waals surface area contributed by atoms with Gasteiger partial charge in [-0.3, -0.25) is 0 Å². The molecule has 6 N–H and O–H groups in total. The highest BCUT2D eigenvalue weighted by molar-refractivity contribution is 6.12. The number of carboxylic acids is 2. The molecule has 4 rings (SSSR count). The van der Waals surface area contributed by atoms with Gasteiger partial charge in [-0.25, -0.2) is 9.59 Å². The fraction of sp³-hybridized carbons (Fsp3) is 0. The van der Waals surface area contributed by atoms with Gasteiger partial charge >= 0.3 is 11.9 Å². The van der Waals surface area contributed by atoms with E-state index in [9.17, 15) is 40.2 Å². The molecule has 4 aromatic rings. The Balaban J connectivity index is 2.20.